The van der Waals surface area contributed by atoms with E-state index in [9.17, 15) is 9.59 Å². The lowest BCUT2D eigenvalue weighted by atomic mass is 10.1. The van der Waals surface area contributed by atoms with Crippen LogP contribution < -0.4 is 10.6 Å². The number of amides is 2. The van der Waals surface area contributed by atoms with E-state index < -0.39 is 11.8 Å². The van der Waals surface area contributed by atoms with Gasteiger partial charge in [-0.2, -0.15) is 0 Å². The molecule has 1 aromatic rings. The average molecular weight is 253 g/mol. The first kappa shape index (κ1) is 12.6. The highest BCUT2D eigenvalue weighted by Gasteiger charge is 2.42. The Kier molecular flexibility index (Phi) is 3.33. The molecule has 18 heavy (non-hydrogen) atoms. The number of hydrogen-bond donors (Lipinski definition) is 3. The highest BCUT2D eigenvalue weighted by Crippen LogP contribution is 2.44. The normalized spacial score (nSPS) is 16.1. The van der Waals surface area contributed by atoms with E-state index in [0.717, 1.165) is 12.8 Å². The maximum Gasteiger partial charge on any atom is 0.314 e. The van der Waals surface area contributed by atoms with E-state index in [1.165, 1.54) is 6.07 Å². The predicted molar refractivity (Wildman–Crippen MR) is 61.6 cm³/mol. The Hall–Kier alpha value is -1.89. The number of anilines is 1. The predicted octanol–water partition coefficient (Wildman–Crippen LogP) is -0.190. The number of aryl methyl sites for hydroxylation is 1. The van der Waals surface area contributed by atoms with Crippen LogP contribution in [-0.2, 0) is 9.59 Å². The van der Waals surface area contributed by atoms with Crippen molar-refractivity contribution in [3.63, 3.8) is 0 Å². The topological polar surface area (TPSA) is 104 Å². The van der Waals surface area contributed by atoms with E-state index in [-0.39, 0.29) is 17.8 Å². The quantitative estimate of drug-likeness (QED) is 0.645. The van der Waals surface area contributed by atoms with Crippen molar-refractivity contribution in [2.45, 2.75) is 19.8 Å². The van der Waals surface area contributed by atoms with Gasteiger partial charge in [-0.3, -0.25) is 14.9 Å². The van der Waals surface area contributed by atoms with Gasteiger partial charge < -0.3 is 14.9 Å². The molecule has 7 nitrogen and oxygen atoms in total. The average Bonchev–Trinajstić information content (AvgIpc) is 3.03. The summed E-state index contributed by atoms with van der Waals surface area (Å²) in [6.45, 7) is 2.02. The van der Waals surface area contributed by atoms with Crippen LogP contribution in [0.4, 0.5) is 5.82 Å². The lowest BCUT2D eigenvalue weighted by Crippen LogP contribution is -2.39. The lowest BCUT2D eigenvalue weighted by Gasteiger charge is -2.11. The Labute approximate surface area is 104 Å². The monoisotopic (exact) mass is 253 g/mol. The second-order valence-corrected chi connectivity index (χ2v) is 4.62. The fourth-order valence-corrected chi connectivity index (χ4v) is 1.51. The van der Waals surface area contributed by atoms with E-state index in [2.05, 4.69) is 15.8 Å². The third kappa shape index (κ3) is 2.86. The van der Waals surface area contributed by atoms with E-state index in [4.69, 9.17) is 9.63 Å². The molecule has 7 heteroatoms. The first-order chi connectivity index (χ1) is 8.54. The molecule has 2 amide bonds. The van der Waals surface area contributed by atoms with Gasteiger partial charge in [-0.05, 0) is 19.8 Å². The molecule has 2 rings (SSSR count). The molecule has 0 radical (unpaired) electrons. The maximum atomic E-state index is 11.5. The molecule has 0 unspecified atom stereocenters. The van der Waals surface area contributed by atoms with Gasteiger partial charge in [0.25, 0.3) is 0 Å². The number of rotatable bonds is 4. The third-order valence-corrected chi connectivity index (χ3v) is 2.99. The van der Waals surface area contributed by atoms with Crippen LogP contribution in [0.3, 0.4) is 0 Å². The van der Waals surface area contributed by atoms with Crippen molar-refractivity contribution in [3.8, 4) is 0 Å². The van der Waals surface area contributed by atoms with Crippen molar-refractivity contribution in [2.24, 2.45) is 5.41 Å². The van der Waals surface area contributed by atoms with Crippen molar-refractivity contribution in [3.05, 3.63) is 11.8 Å². The second kappa shape index (κ2) is 4.77. The Bertz CT molecular complexity index is 465. The summed E-state index contributed by atoms with van der Waals surface area (Å²) in [5.41, 5.74) is -0.222. The number of aromatic nitrogens is 1. The summed E-state index contributed by atoms with van der Waals surface area (Å²) in [7, 11) is 0. The van der Waals surface area contributed by atoms with Gasteiger partial charge >= 0.3 is 11.8 Å². The van der Waals surface area contributed by atoms with Crippen molar-refractivity contribution < 1.29 is 19.2 Å². The zero-order valence-corrected chi connectivity index (χ0v) is 10.0. The van der Waals surface area contributed by atoms with E-state index in [1.807, 2.05) is 0 Å². The maximum absolute atomic E-state index is 11.5. The minimum atomic E-state index is -0.794. The van der Waals surface area contributed by atoms with Crippen LogP contribution in [0.25, 0.3) is 0 Å². The van der Waals surface area contributed by atoms with Crippen LogP contribution in [-0.4, -0.2) is 35.2 Å². The lowest BCUT2D eigenvalue weighted by molar-refractivity contribution is -0.136. The molecule has 1 heterocycles. The largest absolute Gasteiger partial charge is 0.396 e. The molecule has 1 aromatic heterocycles. The highest BCUT2D eigenvalue weighted by atomic mass is 16.5. The molecule has 0 atom stereocenters. The first-order valence-corrected chi connectivity index (χ1v) is 5.68. The smallest absolute Gasteiger partial charge is 0.314 e. The van der Waals surface area contributed by atoms with Gasteiger partial charge in [0, 0.05) is 18.0 Å². The number of aliphatic hydroxyl groups excluding tert-OH is 1. The Morgan fingerprint density at radius 2 is 2.22 bits per heavy atom. The number of carbonyl (C=O) groups excluding carboxylic acids is 2. The van der Waals surface area contributed by atoms with E-state index in [1.54, 1.807) is 6.92 Å². The molecule has 0 saturated heterocycles. The fourth-order valence-electron chi connectivity index (χ4n) is 1.51. The van der Waals surface area contributed by atoms with Crippen LogP contribution in [0.1, 0.15) is 18.6 Å². The molecule has 1 fully saturated rings. The Morgan fingerprint density at radius 3 is 2.72 bits per heavy atom. The molecule has 3 N–H and O–H groups in total. The molecule has 0 spiro atoms. The first-order valence-electron chi connectivity index (χ1n) is 5.68. The van der Waals surface area contributed by atoms with Crippen LogP contribution in [0.5, 0.6) is 0 Å². The number of aliphatic hydroxyl groups is 1. The minimum Gasteiger partial charge on any atom is -0.396 e. The van der Waals surface area contributed by atoms with Gasteiger partial charge in [-0.15, -0.1) is 0 Å². The standard InChI is InChI=1S/C11H15N3O4/c1-7-4-8(14-18-7)13-10(17)9(16)12-5-11(6-15)2-3-11/h4,15H,2-3,5-6H2,1H3,(H,12,16)(H,13,14,17). The zero-order valence-electron chi connectivity index (χ0n) is 10.0. The minimum absolute atomic E-state index is 0.0252. The zero-order chi connectivity index (χ0) is 13.2. The summed E-state index contributed by atoms with van der Waals surface area (Å²) in [5.74, 6) is -0.786. The van der Waals surface area contributed by atoms with Gasteiger partial charge in [0.2, 0.25) is 0 Å². The number of nitrogens with zero attached hydrogens (tertiary/aromatic N) is 1. The Morgan fingerprint density at radius 1 is 1.50 bits per heavy atom. The molecule has 0 bridgehead atoms. The summed E-state index contributed by atoms with van der Waals surface area (Å²) in [4.78, 5) is 23.0. The molecule has 1 aliphatic carbocycles. The molecule has 1 aliphatic rings. The molecule has 0 aromatic carbocycles. The summed E-state index contributed by atoms with van der Waals surface area (Å²) >= 11 is 0. The van der Waals surface area contributed by atoms with Crippen LogP contribution >= 0.6 is 0 Å². The van der Waals surface area contributed by atoms with Crippen molar-refractivity contribution >= 4 is 17.6 Å². The third-order valence-electron chi connectivity index (χ3n) is 2.99. The van der Waals surface area contributed by atoms with Gasteiger partial charge in [0.1, 0.15) is 5.76 Å². The molecule has 1 saturated carbocycles. The van der Waals surface area contributed by atoms with Crippen LogP contribution in [0, 0.1) is 12.3 Å². The van der Waals surface area contributed by atoms with Crippen LogP contribution in [0.2, 0.25) is 0 Å². The van der Waals surface area contributed by atoms with Gasteiger partial charge in [0.05, 0.1) is 6.61 Å². The van der Waals surface area contributed by atoms with Gasteiger partial charge in [-0.25, -0.2) is 0 Å². The number of carbonyl (C=O) groups is 2. The van der Waals surface area contributed by atoms with Crippen molar-refractivity contribution in [1.82, 2.24) is 10.5 Å². The molecule has 98 valence electrons. The van der Waals surface area contributed by atoms with Crippen LogP contribution in [0.15, 0.2) is 10.6 Å². The second-order valence-electron chi connectivity index (χ2n) is 4.62. The number of hydrogen-bond acceptors (Lipinski definition) is 5. The fraction of sp³-hybridized carbons (Fsp3) is 0.545. The molecular weight excluding hydrogens is 238 g/mol. The summed E-state index contributed by atoms with van der Waals surface area (Å²) in [6, 6.07) is 1.52. The highest BCUT2D eigenvalue weighted by molar-refractivity contribution is 6.39. The van der Waals surface area contributed by atoms with Gasteiger partial charge in [-0.1, -0.05) is 5.16 Å². The van der Waals surface area contributed by atoms with Gasteiger partial charge in [0.15, 0.2) is 5.82 Å². The summed E-state index contributed by atoms with van der Waals surface area (Å²) in [5, 5.41) is 17.4. The van der Waals surface area contributed by atoms with E-state index >= 15 is 0 Å². The van der Waals surface area contributed by atoms with Crippen molar-refractivity contribution in [2.75, 3.05) is 18.5 Å². The number of nitrogens with one attached hydrogen (secondary N) is 2. The molecule has 0 aliphatic heterocycles. The van der Waals surface area contributed by atoms with Crippen molar-refractivity contribution in [1.29, 1.82) is 0 Å². The molecular formula is C11H15N3O4. The summed E-state index contributed by atoms with van der Waals surface area (Å²) < 4.78 is 4.76. The summed E-state index contributed by atoms with van der Waals surface area (Å²) in [6.07, 6.45) is 1.74. The van der Waals surface area contributed by atoms with E-state index in [0.29, 0.717) is 12.3 Å². The SMILES string of the molecule is Cc1cc(NC(=O)C(=O)NCC2(CO)CC2)no1. The Balaban J connectivity index is 1.80.